The van der Waals surface area contributed by atoms with E-state index < -0.39 is 12.0 Å². The van der Waals surface area contributed by atoms with Gasteiger partial charge in [0.2, 0.25) is 0 Å². The van der Waals surface area contributed by atoms with Gasteiger partial charge in [-0.2, -0.15) is 0 Å². The van der Waals surface area contributed by atoms with Crippen LogP contribution in [0.2, 0.25) is 0 Å². The van der Waals surface area contributed by atoms with Gasteiger partial charge in [0.25, 0.3) is 0 Å². The van der Waals surface area contributed by atoms with E-state index in [0.29, 0.717) is 5.75 Å². The van der Waals surface area contributed by atoms with Gasteiger partial charge in [-0.15, -0.1) is 0 Å². The van der Waals surface area contributed by atoms with Crippen LogP contribution in [-0.2, 0) is 11.4 Å². The van der Waals surface area contributed by atoms with E-state index in [1.165, 1.54) is 0 Å². The fourth-order valence-corrected chi connectivity index (χ4v) is 1.51. The summed E-state index contributed by atoms with van der Waals surface area (Å²) in [6.07, 6.45) is 0. The number of nitrogens with one attached hydrogen (secondary N) is 1. The highest BCUT2D eigenvalue weighted by Crippen LogP contribution is 2.13. The van der Waals surface area contributed by atoms with Gasteiger partial charge in [-0.1, -0.05) is 26.0 Å². The molecule has 0 heterocycles. The second kappa shape index (κ2) is 6.98. The lowest BCUT2D eigenvalue weighted by molar-refractivity contribution is -0.140. The number of carboxylic acids is 1. The Kier molecular flexibility index (Phi) is 5.61. The fraction of sp³-hybridized carbons (Fsp3) is 0.462. The van der Waals surface area contributed by atoms with Gasteiger partial charge in [0.05, 0.1) is 6.61 Å². The highest BCUT2D eigenvalue weighted by Gasteiger charge is 2.18. The predicted molar refractivity (Wildman–Crippen MR) is 67.6 cm³/mol. The number of aliphatic carboxylic acids is 1. The number of benzene rings is 1. The summed E-state index contributed by atoms with van der Waals surface area (Å²) in [5, 5.41) is 20.9. The quantitative estimate of drug-likeness (QED) is 0.676. The third-order valence-electron chi connectivity index (χ3n) is 2.33. The molecule has 18 heavy (non-hydrogen) atoms. The lowest BCUT2D eigenvalue weighted by Gasteiger charge is -2.18. The number of carboxylic acid groups (broad SMARTS) is 1. The van der Waals surface area contributed by atoms with Crippen molar-refractivity contribution in [3.05, 3.63) is 29.8 Å². The molecule has 3 N–H and O–H groups in total. The average Bonchev–Trinajstić information content (AvgIpc) is 2.34. The highest BCUT2D eigenvalue weighted by atomic mass is 16.5. The lowest BCUT2D eigenvalue weighted by Crippen LogP contribution is -2.44. The van der Waals surface area contributed by atoms with Crippen molar-refractivity contribution >= 4 is 5.97 Å². The van der Waals surface area contributed by atoms with E-state index in [2.05, 4.69) is 5.32 Å². The fourth-order valence-electron chi connectivity index (χ4n) is 1.51. The number of hydrogen-bond donors (Lipinski definition) is 3. The number of aliphatic hydroxyl groups excluding tert-OH is 1. The number of carbonyl (C=O) groups is 1. The van der Waals surface area contributed by atoms with Crippen LogP contribution < -0.4 is 10.1 Å². The molecular weight excluding hydrogens is 234 g/mol. The molecule has 0 amide bonds. The minimum absolute atomic E-state index is 0.0440. The number of rotatable bonds is 7. The molecule has 1 rings (SSSR count). The van der Waals surface area contributed by atoms with Crippen LogP contribution >= 0.6 is 0 Å². The van der Waals surface area contributed by atoms with Crippen LogP contribution in [0.5, 0.6) is 5.75 Å². The molecular formula is C13H19NO4. The predicted octanol–water partition coefficient (Wildman–Crippen LogP) is 1.01. The molecule has 1 aromatic carbocycles. The van der Waals surface area contributed by atoms with Gasteiger partial charge in [-0.3, -0.25) is 10.1 Å². The van der Waals surface area contributed by atoms with Gasteiger partial charge >= 0.3 is 5.97 Å². The molecule has 5 heteroatoms. The molecule has 0 saturated heterocycles. The minimum atomic E-state index is -0.943. The third-order valence-corrected chi connectivity index (χ3v) is 2.33. The van der Waals surface area contributed by atoms with Crippen LogP contribution in [0, 0.1) is 0 Å². The Hall–Kier alpha value is -1.59. The van der Waals surface area contributed by atoms with E-state index in [-0.39, 0.29) is 19.3 Å². The average molecular weight is 253 g/mol. The minimum Gasteiger partial charge on any atom is -0.491 e. The van der Waals surface area contributed by atoms with Crippen LogP contribution in [-0.4, -0.2) is 34.9 Å². The van der Waals surface area contributed by atoms with E-state index in [0.717, 1.165) is 5.56 Å². The number of ether oxygens (including phenoxy) is 1. The smallest absolute Gasteiger partial charge is 0.324 e. The van der Waals surface area contributed by atoms with Crippen LogP contribution in [0.4, 0.5) is 0 Å². The van der Waals surface area contributed by atoms with Gasteiger partial charge < -0.3 is 14.9 Å². The molecule has 0 aliphatic heterocycles. The monoisotopic (exact) mass is 253 g/mol. The zero-order valence-electron chi connectivity index (χ0n) is 10.6. The normalized spacial score (nSPS) is 12.4. The summed E-state index contributed by atoms with van der Waals surface area (Å²) in [6.45, 7) is 3.73. The van der Waals surface area contributed by atoms with Gasteiger partial charge in [0.1, 0.15) is 18.4 Å². The third kappa shape index (κ3) is 4.73. The lowest BCUT2D eigenvalue weighted by atomic mass is 10.2. The maximum atomic E-state index is 11.0. The Morgan fingerprint density at radius 2 is 2.17 bits per heavy atom. The Labute approximate surface area is 106 Å². The van der Waals surface area contributed by atoms with Crippen molar-refractivity contribution in [2.75, 3.05) is 6.61 Å². The Morgan fingerprint density at radius 3 is 2.72 bits per heavy atom. The molecule has 100 valence electrons. The molecule has 1 atom stereocenters. The van der Waals surface area contributed by atoms with Gasteiger partial charge in [0.15, 0.2) is 0 Å². The molecule has 0 spiro atoms. The molecule has 0 bridgehead atoms. The second-order valence-electron chi connectivity index (χ2n) is 4.33. The zero-order chi connectivity index (χ0) is 13.5. The first-order valence-corrected chi connectivity index (χ1v) is 5.84. The van der Waals surface area contributed by atoms with Crippen LogP contribution in [0.3, 0.4) is 0 Å². The standard InChI is InChI=1S/C13H19NO4/c1-9(2)14-12(13(16)17)8-18-11-5-3-4-10(6-11)7-15/h3-6,9,12,14-15H,7-8H2,1-2H3,(H,16,17). The number of aliphatic hydroxyl groups is 1. The first-order valence-electron chi connectivity index (χ1n) is 5.84. The van der Waals surface area contributed by atoms with Crippen molar-refractivity contribution in [3.63, 3.8) is 0 Å². The summed E-state index contributed by atoms with van der Waals surface area (Å²) in [5.41, 5.74) is 0.733. The Bertz CT molecular complexity index is 392. The van der Waals surface area contributed by atoms with E-state index in [9.17, 15) is 4.79 Å². The Morgan fingerprint density at radius 1 is 1.44 bits per heavy atom. The maximum absolute atomic E-state index is 11.0. The molecule has 5 nitrogen and oxygen atoms in total. The largest absolute Gasteiger partial charge is 0.491 e. The molecule has 0 saturated carbocycles. The van der Waals surface area contributed by atoms with Crippen molar-refractivity contribution in [2.24, 2.45) is 0 Å². The van der Waals surface area contributed by atoms with Crippen LogP contribution in [0.15, 0.2) is 24.3 Å². The summed E-state index contributed by atoms with van der Waals surface area (Å²) >= 11 is 0. The van der Waals surface area contributed by atoms with Gasteiger partial charge in [-0.05, 0) is 17.7 Å². The van der Waals surface area contributed by atoms with E-state index >= 15 is 0 Å². The van der Waals surface area contributed by atoms with E-state index in [1.54, 1.807) is 24.3 Å². The highest BCUT2D eigenvalue weighted by molar-refractivity contribution is 5.73. The van der Waals surface area contributed by atoms with Crippen molar-refractivity contribution in [1.82, 2.24) is 5.32 Å². The maximum Gasteiger partial charge on any atom is 0.324 e. The van der Waals surface area contributed by atoms with E-state index in [1.807, 2.05) is 13.8 Å². The summed E-state index contributed by atoms with van der Waals surface area (Å²) in [4.78, 5) is 11.0. The van der Waals surface area contributed by atoms with Crippen LogP contribution in [0.1, 0.15) is 19.4 Å². The molecule has 0 radical (unpaired) electrons. The molecule has 0 fully saturated rings. The van der Waals surface area contributed by atoms with E-state index in [4.69, 9.17) is 14.9 Å². The Balaban J connectivity index is 2.58. The first-order chi connectivity index (χ1) is 8.52. The van der Waals surface area contributed by atoms with Crippen molar-refractivity contribution < 1.29 is 19.7 Å². The summed E-state index contributed by atoms with van der Waals surface area (Å²) in [7, 11) is 0. The summed E-state index contributed by atoms with van der Waals surface area (Å²) < 4.78 is 5.42. The summed E-state index contributed by atoms with van der Waals surface area (Å²) in [5.74, 6) is -0.389. The van der Waals surface area contributed by atoms with Crippen molar-refractivity contribution in [3.8, 4) is 5.75 Å². The topological polar surface area (TPSA) is 78.8 Å². The molecule has 0 aliphatic carbocycles. The number of hydrogen-bond acceptors (Lipinski definition) is 4. The van der Waals surface area contributed by atoms with Crippen molar-refractivity contribution in [1.29, 1.82) is 0 Å². The van der Waals surface area contributed by atoms with Crippen LogP contribution in [0.25, 0.3) is 0 Å². The molecule has 1 aromatic rings. The zero-order valence-corrected chi connectivity index (χ0v) is 10.6. The van der Waals surface area contributed by atoms with Crippen molar-refractivity contribution in [2.45, 2.75) is 32.5 Å². The SMILES string of the molecule is CC(C)NC(COc1cccc(CO)c1)C(=O)O. The second-order valence-corrected chi connectivity index (χ2v) is 4.33. The molecule has 0 aromatic heterocycles. The van der Waals surface area contributed by atoms with Gasteiger partial charge in [0, 0.05) is 6.04 Å². The molecule has 1 unspecified atom stereocenters. The first kappa shape index (κ1) is 14.5. The molecule has 0 aliphatic rings. The van der Waals surface area contributed by atoms with Gasteiger partial charge in [-0.25, -0.2) is 0 Å². The summed E-state index contributed by atoms with van der Waals surface area (Å²) in [6, 6.07) is 6.27.